The summed E-state index contributed by atoms with van der Waals surface area (Å²) in [4.78, 5) is 16.7. The number of carbonyl (C=O) groups excluding carboxylic acids is 1. The standard InChI is InChI=1S/C17H10Cl2FN3O/c18-12-3-6-14(15(19)8-12)17(24)16(23-10-21-9-22-23)7-11-1-4-13(20)5-2-11/h1-10H/b16-7-. The van der Waals surface area contributed by atoms with E-state index in [9.17, 15) is 9.18 Å². The number of ketones is 1. The number of Topliss-reactive ketones (excluding diaryl/α,β-unsaturated/α-hetero) is 1. The second-order valence-electron chi connectivity index (χ2n) is 4.87. The van der Waals surface area contributed by atoms with Crippen molar-refractivity contribution in [1.29, 1.82) is 0 Å². The Bertz CT molecular complexity index is 906. The minimum Gasteiger partial charge on any atom is -0.287 e. The van der Waals surface area contributed by atoms with E-state index in [4.69, 9.17) is 23.2 Å². The normalized spacial score (nSPS) is 11.5. The van der Waals surface area contributed by atoms with E-state index in [1.165, 1.54) is 35.5 Å². The molecule has 0 N–H and O–H groups in total. The van der Waals surface area contributed by atoms with Gasteiger partial charge in [0, 0.05) is 10.6 Å². The maximum Gasteiger partial charge on any atom is 0.212 e. The number of nitrogens with zero attached hydrogens (tertiary/aromatic N) is 3. The minimum atomic E-state index is -0.360. The Balaban J connectivity index is 2.08. The Morgan fingerprint density at radius 1 is 1.12 bits per heavy atom. The van der Waals surface area contributed by atoms with Gasteiger partial charge in [0.2, 0.25) is 5.78 Å². The van der Waals surface area contributed by atoms with Crippen molar-refractivity contribution in [3.05, 3.63) is 82.1 Å². The third kappa shape index (κ3) is 3.53. The molecule has 3 rings (SSSR count). The SMILES string of the molecule is O=C(/C(=C/c1ccc(F)cc1)n1cncn1)c1ccc(Cl)cc1Cl. The highest BCUT2D eigenvalue weighted by atomic mass is 35.5. The van der Waals surface area contributed by atoms with Gasteiger partial charge in [0.25, 0.3) is 0 Å². The number of rotatable bonds is 4. The maximum atomic E-state index is 13.1. The Hall–Kier alpha value is -2.50. The molecule has 0 aliphatic heterocycles. The molecule has 0 amide bonds. The highest BCUT2D eigenvalue weighted by Gasteiger charge is 2.18. The molecule has 1 aromatic heterocycles. The average Bonchev–Trinajstić information content (AvgIpc) is 3.08. The lowest BCUT2D eigenvalue weighted by Gasteiger charge is -2.08. The Kier molecular flexibility index (Phi) is 4.74. The van der Waals surface area contributed by atoms with Crippen LogP contribution in [0.2, 0.25) is 10.0 Å². The molecule has 0 bridgehead atoms. The molecule has 0 atom stereocenters. The summed E-state index contributed by atoms with van der Waals surface area (Å²) in [5, 5.41) is 4.66. The summed E-state index contributed by atoms with van der Waals surface area (Å²) in [6.07, 6.45) is 4.30. The maximum absolute atomic E-state index is 13.1. The van der Waals surface area contributed by atoms with Gasteiger partial charge in [-0.25, -0.2) is 14.1 Å². The molecule has 0 fully saturated rings. The van der Waals surface area contributed by atoms with Gasteiger partial charge in [0.1, 0.15) is 24.2 Å². The monoisotopic (exact) mass is 361 g/mol. The molecule has 24 heavy (non-hydrogen) atoms. The zero-order chi connectivity index (χ0) is 17.1. The van der Waals surface area contributed by atoms with E-state index < -0.39 is 0 Å². The molecule has 0 aliphatic carbocycles. The van der Waals surface area contributed by atoms with Crippen LogP contribution in [0.4, 0.5) is 4.39 Å². The molecule has 3 aromatic rings. The second kappa shape index (κ2) is 6.95. The number of benzene rings is 2. The summed E-state index contributed by atoms with van der Waals surface area (Å²) in [5.74, 6) is -0.715. The van der Waals surface area contributed by atoms with E-state index in [1.54, 1.807) is 30.3 Å². The first-order valence-electron chi connectivity index (χ1n) is 6.86. The van der Waals surface area contributed by atoms with Gasteiger partial charge >= 0.3 is 0 Å². The topological polar surface area (TPSA) is 47.8 Å². The van der Waals surface area contributed by atoms with E-state index in [2.05, 4.69) is 10.1 Å². The molecule has 0 radical (unpaired) electrons. The average molecular weight is 362 g/mol. The lowest BCUT2D eigenvalue weighted by molar-refractivity contribution is 0.105. The van der Waals surface area contributed by atoms with E-state index in [-0.39, 0.29) is 27.9 Å². The Labute approximate surface area is 147 Å². The predicted octanol–water partition coefficient (Wildman–Crippen LogP) is 4.61. The quantitative estimate of drug-likeness (QED) is 0.503. The van der Waals surface area contributed by atoms with Gasteiger partial charge in [-0.05, 0) is 42.0 Å². The van der Waals surface area contributed by atoms with Crippen molar-refractivity contribution in [2.24, 2.45) is 0 Å². The number of allylic oxidation sites excluding steroid dienone is 1. The van der Waals surface area contributed by atoms with E-state index in [0.717, 1.165) is 0 Å². The van der Waals surface area contributed by atoms with Crippen LogP contribution in [0.3, 0.4) is 0 Å². The van der Waals surface area contributed by atoms with Gasteiger partial charge in [0.15, 0.2) is 0 Å². The molecule has 0 saturated heterocycles. The van der Waals surface area contributed by atoms with E-state index >= 15 is 0 Å². The van der Waals surface area contributed by atoms with Crippen LogP contribution in [-0.2, 0) is 0 Å². The van der Waals surface area contributed by atoms with E-state index in [1.807, 2.05) is 0 Å². The summed E-state index contributed by atoms with van der Waals surface area (Å²) in [7, 11) is 0. The van der Waals surface area contributed by atoms with Crippen molar-refractivity contribution in [2.75, 3.05) is 0 Å². The third-order valence-electron chi connectivity index (χ3n) is 3.25. The number of aromatic nitrogens is 3. The van der Waals surface area contributed by atoms with Crippen LogP contribution < -0.4 is 0 Å². The summed E-state index contributed by atoms with van der Waals surface area (Å²) in [6.45, 7) is 0. The smallest absolute Gasteiger partial charge is 0.212 e. The van der Waals surface area contributed by atoms with Crippen molar-refractivity contribution >= 4 is 40.8 Å². The molecule has 0 saturated carbocycles. The predicted molar refractivity (Wildman–Crippen MR) is 91.4 cm³/mol. The third-order valence-corrected chi connectivity index (χ3v) is 3.80. The molecule has 7 heteroatoms. The first-order valence-corrected chi connectivity index (χ1v) is 7.62. The summed E-state index contributed by atoms with van der Waals surface area (Å²) in [5.41, 5.74) is 1.15. The lowest BCUT2D eigenvalue weighted by Crippen LogP contribution is -2.10. The van der Waals surface area contributed by atoms with Crippen molar-refractivity contribution in [1.82, 2.24) is 14.8 Å². The van der Waals surface area contributed by atoms with Crippen LogP contribution >= 0.6 is 23.2 Å². The van der Waals surface area contributed by atoms with Crippen LogP contribution in [-0.4, -0.2) is 20.5 Å². The largest absolute Gasteiger partial charge is 0.287 e. The first-order chi connectivity index (χ1) is 11.5. The molecule has 120 valence electrons. The second-order valence-corrected chi connectivity index (χ2v) is 5.72. The molecular weight excluding hydrogens is 352 g/mol. The van der Waals surface area contributed by atoms with Crippen LogP contribution in [0.5, 0.6) is 0 Å². The van der Waals surface area contributed by atoms with Gasteiger partial charge in [-0.2, -0.15) is 5.10 Å². The van der Waals surface area contributed by atoms with Gasteiger partial charge in [0.05, 0.1) is 5.02 Å². The first kappa shape index (κ1) is 16.4. The lowest BCUT2D eigenvalue weighted by atomic mass is 10.1. The zero-order valence-electron chi connectivity index (χ0n) is 12.2. The number of carbonyl (C=O) groups is 1. The highest BCUT2D eigenvalue weighted by molar-refractivity contribution is 6.40. The van der Waals surface area contributed by atoms with Gasteiger partial charge in [-0.3, -0.25) is 4.79 Å². The molecule has 0 unspecified atom stereocenters. The van der Waals surface area contributed by atoms with Gasteiger partial charge in [-0.1, -0.05) is 35.3 Å². The zero-order valence-corrected chi connectivity index (χ0v) is 13.7. The Morgan fingerprint density at radius 3 is 2.50 bits per heavy atom. The fourth-order valence-electron chi connectivity index (χ4n) is 2.10. The molecule has 0 aliphatic rings. The van der Waals surface area contributed by atoms with Crippen molar-refractivity contribution in [3.63, 3.8) is 0 Å². The molecule has 0 spiro atoms. The van der Waals surface area contributed by atoms with Gasteiger partial charge in [-0.15, -0.1) is 0 Å². The molecular formula is C17H10Cl2FN3O. The van der Waals surface area contributed by atoms with E-state index in [0.29, 0.717) is 10.6 Å². The molecule has 2 aromatic carbocycles. The van der Waals surface area contributed by atoms with Crippen molar-refractivity contribution in [3.8, 4) is 0 Å². The number of hydrogen-bond acceptors (Lipinski definition) is 3. The van der Waals surface area contributed by atoms with Crippen LogP contribution in [0.25, 0.3) is 11.8 Å². The molecule has 4 nitrogen and oxygen atoms in total. The van der Waals surface area contributed by atoms with Gasteiger partial charge < -0.3 is 0 Å². The minimum absolute atomic E-state index is 0.225. The fraction of sp³-hybridized carbons (Fsp3) is 0. The fourth-order valence-corrected chi connectivity index (χ4v) is 2.59. The number of hydrogen-bond donors (Lipinski definition) is 0. The number of halogens is 3. The molecule has 1 heterocycles. The van der Waals surface area contributed by atoms with Crippen molar-refractivity contribution in [2.45, 2.75) is 0 Å². The summed E-state index contributed by atoms with van der Waals surface area (Å²) < 4.78 is 14.4. The van der Waals surface area contributed by atoms with Crippen LogP contribution in [0.15, 0.2) is 55.1 Å². The Morgan fingerprint density at radius 2 is 1.88 bits per heavy atom. The summed E-state index contributed by atoms with van der Waals surface area (Å²) in [6, 6.07) is 10.4. The van der Waals surface area contributed by atoms with Crippen LogP contribution in [0, 0.1) is 5.82 Å². The van der Waals surface area contributed by atoms with Crippen molar-refractivity contribution < 1.29 is 9.18 Å². The van der Waals surface area contributed by atoms with Crippen LogP contribution in [0.1, 0.15) is 15.9 Å². The summed E-state index contributed by atoms with van der Waals surface area (Å²) >= 11 is 12.0. The highest BCUT2D eigenvalue weighted by Crippen LogP contribution is 2.25.